The van der Waals surface area contributed by atoms with Crippen LogP contribution in [0.25, 0.3) is 0 Å². The van der Waals surface area contributed by atoms with Crippen LogP contribution < -0.4 is 0 Å². The molecule has 2 aliphatic rings. The Morgan fingerprint density at radius 2 is 1.59 bits per heavy atom. The lowest BCUT2D eigenvalue weighted by molar-refractivity contribution is -0.137. The summed E-state index contributed by atoms with van der Waals surface area (Å²) < 4.78 is 43.5. The number of hydrogen-bond donors (Lipinski definition) is 0. The minimum atomic E-state index is -4.30. The number of ether oxygens (including phenoxy) is 1. The molecule has 1 fully saturated rings. The highest BCUT2D eigenvalue weighted by Gasteiger charge is 2.51. The fraction of sp³-hybridized carbons (Fsp3) is 0.455. The van der Waals surface area contributed by atoms with E-state index in [1.165, 1.54) is 12.1 Å². The Morgan fingerprint density at radius 3 is 2.18 bits per heavy atom. The molecular formula is C11H7Br2F3O. The van der Waals surface area contributed by atoms with Crippen LogP contribution in [0.2, 0.25) is 0 Å². The molecule has 6 heteroatoms. The van der Waals surface area contributed by atoms with Gasteiger partial charge in [0.1, 0.15) is 0 Å². The predicted octanol–water partition coefficient (Wildman–Crippen LogP) is 4.36. The topological polar surface area (TPSA) is 9.23 Å². The van der Waals surface area contributed by atoms with Crippen molar-refractivity contribution in [2.24, 2.45) is 0 Å². The Bertz CT molecular complexity index is 474. The smallest absolute Gasteiger partial charge is 0.363 e. The van der Waals surface area contributed by atoms with E-state index in [0.29, 0.717) is 5.56 Å². The minimum absolute atomic E-state index is 0.0171. The van der Waals surface area contributed by atoms with Crippen molar-refractivity contribution in [3.63, 3.8) is 0 Å². The van der Waals surface area contributed by atoms with Crippen molar-refractivity contribution in [1.82, 2.24) is 0 Å². The largest absolute Gasteiger partial charge is 0.416 e. The van der Waals surface area contributed by atoms with Crippen molar-refractivity contribution in [2.45, 2.75) is 28.0 Å². The van der Waals surface area contributed by atoms with Gasteiger partial charge in [-0.3, -0.25) is 0 Å². The van der Waals surface area contributed by atoms with Crippen molar-refractivity contribution in [3.05, 3.63) is 34.9 Å². The minimum Gasteiger partial charge on any atom is -0.363 e. The average molecular weight is 372 g/mol. The van der Waals surface area contributed by atoms with Gasteiger partial charge < -0.3 is 4.74 Å². The van der Waals surface area contributed by atoms with Gasteiger partial charge in [0.05, 0.1) is 27.4 Å². The van der Waals surface area contributed by atoms with E-state index in [9.17, 15) is 13.2 Å². The standard InChI is InChI=1S/C11H7Br2F3O/c12-7-8(13)10-6-3-4(11(14,15)16)1-2-5(6)9(7)17-10/h1-3,7-10H/t7-,8+,9-,10-/m1/s1. The molecule has 1 nitrogen and oxygen atoms in total. The molecule has 2 heterocycles. The van der Waals surface area contributed by atoms with Crippen LogP contribution in [0, 0.1) is 0 Å². The van der Waals surface area contributed by atoms with Gasteiger partial charge in [0, 0.05) is 0 Å². The second-order valence-electron chi connectivity index (χ2n) is 4.21. The van der Waals surface area contributed by atoms with Crippen molar-refractivity contribution in [1.29, 1.82) is 0 Å². The quantitative estimate of drug-likeness (QED) is 0.616. The van der Waals surface area contributed by atoms with Gasteiger partial charge in [-0.1, -0.05) is 37.9 Å². The second kappa shape index (κ2) is 3.71. The summed E-state index contributed by atoms with van der Waals surface area (Å²) in [5.74, 6) is 0. The van der Waals surface area contributed by atoms with E-state index in [1.54, 1.807) is 0 Å². The van der Waals surface area contributed by atoms with Gasteiger partial charge in [-0.2, -0.15) is 13.2 Å². The van der Waals surface area contributed by atoms with Crippen LogP contribution in [-0.2, 0) is 10.9 Å². The zero-order valence-electron chi connectivity index (χ0n) is 8.34. The Kier molecular flexibility index (Phi) is 2.62. The zero-order valence-corrected chi connectivity index (χ0v) is 11.5. The second-order valence-corrected chi connectivity index (χ2v) is 6.32. The van der Waals surface area contributed by atoms with Crippen LogP contribution in [0.15, 0.2) is 18.2 Å². The summed E-state index contributed by atoms with van der Waals surface area (Å²) >= 11 is 6.95. The van der Waals surface area contributed by atoms with Crippen LogP contribution >= 0.6 is 31.9 Å². The first kappa shape index (κ1) is 12.0. The van der Waals surface area contributed by atoms with Gasteiger partial charge in [0.25, 0.3) is 0 Å². The Labute approximate surface area is 113 Å². The lowest BCUT2D eigenvalue weighted by atomic mass is 9.90. The molecule has 0 saturated carbocycles. The summed E-state index contributed by atoms with van der Waals surface area (Å²) in [7, 11) is 0. The Hall–Kier alpha value is -0.0700. The van der Waals surface area contributed by atoms with Crippen LogP contribution in [0.1, 0.15) is 28.9 Å². The SMILES string of the molecule is FC(F)(F)c1ccc2c(c1)[C@H]1O[C@H]2[C@H](Br)[C@@H]1Br. The van der Waals surface area contributed by atoms with Crippen molar-refractivity contribution >= 4 is 31.9 Å². The summed E-state index contributed by atoms with van der Waals surface area (Å²) in [6, 6.07) is 3.84. The van der Waals surface area contributed by atoms with Crippen molar-refractivity contribution < 1.29 is 17.9 Å². The maximum absolute atomic E-state index is 12.6. The highest BCUT2D eigenvalue weighted by Crippen LogP contribution is 2.56. The fourth-order valence-corrected chi connectivity index (χ4v) is 3.76. The Morgan fingerprint density at radius 1 is 1.00 bits per heavy atom. The molecule has 0 aromatic heterocycles. The van der Waals surface area contributed by atoms with Crippen molar-refractivity contribution in [2.75, 3.05) is 0 Å². The highest BCUT2D eigenvalue weighted by molar-refractivity contribution is 9.12. The number of fused-ring (bicyclic) bond motifs is 5. The lowest BCUT2D eigenvalue weighted by Crippen LogP contribution is -2.22. The zero-order chi connectivity index (χ0) is 12.4. The molecule has 92 valence electrons. The van der Waals surface area contributed by atoms with Crippen LogP contribution in [-0.4, -0.2) is 9.65 Å². The van der Waals surface area contributed by atoms with E-state index in [1.807, 2.05) is 0 Å². The molecule has 0 spiro atoms. The van der Waals surface area contributed by atoms with E-state index in [0.717, 1.165) is 11.6 Å². The molecule has 1 aromatic rings. The molecule has 0 unspecified atom stereocenters. The summed E-state index contributed by atoms with van der Waals surface area (Å²) in [6.07, 6.45) is -4.74. The van der Waals surface area contributed by atoms with Gasteiger partial charge in [-0.05, 0) is 23.3 Å². The first-order valence-corrected chi connectivity index (χ1v) is 6.87. The van der Waals surface area contributed by atoms with E-state index >= 15 is 0 Å². The van der Waals surface area contributed by atoms with Gasteiger partial charge >= 0.3 is 6.18 Å². The third-order valence-electron chi connectivity index (χ3n) is 3.20. The average Bonchev–Trinajstić information content (AvgIpc) is 2.76. The number of benzene rings is 1. The monoisotopic (exact) mass is 370 g/mol. The van der Waals surface area contributed by atoms with Crippen LogP contribution in [0.3, 0.4) is 0 Å². The van der Waals surface area contributed by atoms with Crippen LogP contribution in [0.4, 0.5) is 13.2 Å². The lowest BCUT2D eigenvalue weighted by Gasteiger charge is -2.22. The molecular weight excluding hydrogens is 365 g/mol. The third kappa shape index (κ3) is 1.68. The van der Waals surface area contributed by atoms with E-state index in [4.69, 9.17) is 4.74 Å². The molecule has 0 N–H and O–H groups in total. The van der Waals surface area contributed by atoms with Crippen molar-refractivity contribution in [3.8, 4) is 0 Å². The van der Waals surface area contributed by atoms with Gasteiger partial charge in [-0.25, -0.2) is 0 Å². The fourth-order valence-electron chi connectivity index (χ4n) is 2.39. The number of hydrogen-bond acceptors (Lipinski definition) is 1. The van der Waals surface area contributed by atoms with E-state index in [-0.39, 0.29) is 21.9 Å². The van der Waals surface area contributed by atoms with E-state index in [2.05, 4.69) is 31.9 Å². The molecule has 1 aromatic carbocycles. The molecule has 3 rings (SSSR count). The number of halogens is 5. The number of rotatable bonds is 0. The molecule has 1 saturated heterocycles. The first-order chi connectivity index (χ1) is 7.89. The predicted molar refractivity (Wildman–Crippen MR) is 63.4 cm³/mol. The maximum atomic E-state index is 12.6. The van der Waals surface area contributed by atoms with Gasteiger partial charge in [-0.15, -0.1) is 0 Å². The van der Waals surface area contributed by atoms with E-state index < -0.39 is 11.7 Å². The molecule has 4 atom stereocenters. The molecule has 2 bridgehead atoms. The van der Waals surface area contributed by atoms with Crippen LogP contribution in [0.5, 0.6) is 0 Å². The maximum Gasteiger partial charge on any atom is 0.416 e. The Balaban J connectivity index is 2.08. The highest BCUT2D eigenvalue weighted by atomic mass is 79.9. The first-order valence-electron chi connectivity index (χ1n) is 5.04. The normalized spacial score (nSPS) is 35.1. The molecule has 0 aliphatic carbocycles. The molecule has 0 amide bonds. The third-order valence-corrected chi connectivity index (χ3v) is 6.01. The molecule has 17 heavy (non-hydrogen) atoms. The number of alkyl halides is 5. The summed E-state index contributed by atoms with van der Waals surface area (Å²) in [6.45, 7) is 0. The van der Waals surface area contributed by atoms with Gasteiger partial charge in [0.15, 0.2) is 0 Å². The molecule has 2 aliphatic heterocycles. The van der Waals surface area contributed by atoms with Gasteiger partial charge in [0.2, 0.25) is 0 Å². The summed E-state index contributed by atoms with van der Waals surface area (Å²) in [4.78, 5) is 0.125. The molecule has 0 radical (unpaired) electrons. The summed E-state index contributed by atoms with van der Waals surface area (Å²) in [5, 5.41) is 0. The summed E-state index contributed by atoms with van der Waals surface area (Å²) in [5.41, 5.74) is 0.904.